The second kappa shape index (κ2) is 6.29. The third-order valence-electron chi connectivity index (χ3n) is 4.04. The zero-order valence-corrected chi connectivity index (χ0v) is 12.1. The number of nitrogens with one attached hydrogen (secondary N) is 1. The lowest BCUT2D eigenvalue weighted by Crippen LogP contribution is -2.51. The molecule has 0 saturated heterocycles. The van der Waals surface area contributed by atoms with Gasteiger partial charge in [0.2, 0.25) is 0 Å². The van der Waals surface area contributed by atoms with Gasteiger partial charge in [-0.15, -0.1) is 0 Å². The number of thioether (sulfide) groups is 1. The number of carboxylic acids is 1. The number of carboxylic acid groups (broad SMARTS) is 1. The van der Waals surface area contributed by atoms with Gasteiger partial charge in [0, 0.05) is 11.3 Å². The van der Waals surface area contributed by atoms with Crippen LogP contribution in [0.3, 0.4) is 0 Å². The Labute approximate surface area is 114 Å². The monoisotopic (exact) mass is 271 g/mol. The van der Waals surface area contributed by atoms with Crippen LogP contribution in [0.2, 0.25) is 0 Å². The van der Waals surface area contributed by atoms with Gasteiger partial charge in [0.25, 0.3) is 0 Å². The molecule has 0 aromatic carbocycles. The molecule has 4 heteroatoms. The van der Waals surface area contributed by atoms with Crippen LogP contribution in [0.25, 0.3) is 0 Å². The Morgan fingerprint density at radius 1 is 1.39 bits per heavy atom. The van der Waals surface area contributed by atoms with E-state index in [-0.39, 0.29) is 0 Å². The fraction of sp³-hybridized carbons (Fsp3) is 0.929. The first-order valence-electron chi connectivity index (χ1n) is 7.29. The molecule has 2 saturated carbocycles. The van der Waals surface area contributed by atoms with Gasteiger partial charge in [-0.05, 0) is 44.3 Å². The molecule has 2 aliphatic carbocycles. The van der Waals surface area contributed by atoms with Gasteiger partial charge in [-0.2, -0.15) is 11.8 Å². The maximum Gasteiger partial charge on any atom is 0.323 e. The quantitative estimate of drug-likeness (QED) is 0.666. The van der Waals surface area contributed by atoms with Crippen molar-refractivity contribution >= 4 is 17.7 Å². The van der Waals surface area contributed by atoms with Crippen LogP contribution in [0, 0.1) is 0 Å². The number of rotatable bonds is 8. The van der Waals surface area contributed by atoms with E-state index in [0.717, 1.165) is 32.1 Å². The van der Waals surface area contributed by atoms with E-state index in [1.807, 2.05) is 11.8 Å². The van der Waals surface area contributed by atoms with Crippen LogP contribution in [0.5, 0.6) is 0 Å². The minimum Gasteiger partial charge on any atom is -0.480 e. The van der Waals surface area contributed by atoms with Crippen molar-refractivity contribution in [3.8, 4) is 0 Å². The molecule has 0 heterocycles. The molecule has 3 nitrogen and oxygen atoms in total. The Bertz CT molecular complexity index is 294. The molecule has 0 aromatic rings. The summed E-state index contributed by atoms with van der Waals surface area (Å²) in [5.74, 6) is 0.559. The average molecular weight is 271 g/mol. The van der Waals surface area contributed by atoms with Crippen LogP contribution in [-0.4, -0.2) is 33.7 Å². The molecule has 0 aromatic heterocycles. The van der Waals surface area contributed by atoms with Gasteiger partial charge in [0.15, 0.2) is 0 Å². The smallest absolute Gasteiger partial charge is 0.323 e. The van der Waals surface area contributed by atoms with Gasteiger partial charge in [-0.1, -0.05) is 19.8 Å². The van der Waals surface area contributed by atoms with E-state index >= 15 is 0 Å². The summed E-state index contributed by atoms with van der Waals surface area (Å²) in [4.78, 5) is 11.5. The van der Waals surface area contributed by atoms with Crippen LogP contribution in [0.15, 0.2) is 0 Å². The van der Waals surface area contributed by atoms with Crippen LogP contribution in [-0.2, 0) is 4.79 Å². The maximum atomic E-state index is 11.5. The Hall–Kier alpha value is -0.220. The van der Waals surface area contributed by atoms with Crippen LogP contribution in [0.4, 0.5) is 0 Å². The second-order valence-corrected chi connectivity index (χ2v) is 7.16. The number of carbonyl (C=O) groups is 1. The van der Waals surface area contributed by atoms with Crippen LogP contribution in [0.1, 0.15) is 58.3 Å². The highest BCUT2D eigenvalue weighted by atomic mass is 32.2. The highest BCUT2D eigenvalue weighted by Crippen LogP contribution is 2.39. The second-order valence-electron chi connectivity index (χ2n) is 5.75. The summed E-state index contributed by atoms with van der Waals surface area (Å²) in [5, 5.41) is 13.4. The fourth-order valence-corrected chi connectivity index (χ4v) is 4.14. The van der Waals surface area contributed by atoms with Crippen LogP contribution < -0.4 is 5.32 Å². The van der Waals surface area contributed by atoms with Crippen molar-refractivity contribution < 1.29 is 9.90 Å². The Balaban J connectivity index is 1.78. The molecule has 0 aliphatic heterocycles. The van der Waals surface area contributed by atoms with Gasteiger partial charge >= 0.3 is 5.97 Å². The van der Waals surface area contributed by atoms with Gasteiger partial charge in [0.1, 0.15) is 5.54 Å². The van der Waals surface area contributed by atoms with Crippen molar-refractivity contribution in [1.29, 1.82) is 0 Å². The van der Waals surface area contributed by atoms with Crippen molar-refractivity contribution in [2.75, 3.05) is 5.75 Å². The predicted molar refractivity (Wildman–Crippen MR) is 76.1 cm³/mol. The summed E-state index contributed by atoms with van der Waals surface area (Å²) < 4.78 is 0. The maximum absolute atomic E-state index is 11.5. The molecule has 0 radical (unpaired) electrons. The summed E-state index contributed by atoms with van der Waals surface area (Å²) in [7, 11) is 0. The topological polar surface area (TPSA) is 49.3 Å². The molecule has 0 bridgehead atoms. The SMILES string of the molecule is CCCCCSC1CCC(NC2CC2)(C(=O)O)C1. The fourth-order valence-electron chi connectivity index (χ4n) is 2.75. The highest BCUT2D eigenvalue weighted by molar-refractivity contribution is 7.99. The van der Waals surface area contributed by atoms with Crippen molar-refractivity contribution in [1.82, 2.24) is 5.32 Å². The lowest BCUT2D eigenvalue weighted by Gasteiger charge is -2.26. The zero-order chi connectivity index (χ0) is 13.0. The third kappa shape index (κ3) is 3.64. The molecule has 0 amide bonds. The number of hydrogen-bond donors (Lipinski definition) is 2. The first-order valence-corrected chi connectivity index (χ1v) is 8.34. The molecule has 2 N–H and O–H groups in total. The molecule has 0 spiro atoms. The Kier molecular flexibility index (Phi) is 4.96. The van der Waals surface area contributed by atoms with Crippen molar-refractivity contribution in [2.45, 2.75) is 75.1 Å². The molecular formula is C14H25NO2S. The van der Waals surface area contributed by atoms with E-state index in [1.165, 1.54) is 25.0 Å². The summed E-state index contributed by atoms with van der Waals surface area (Å²) in [6.45, 7) is 2.22. The van der Waals surface area contributed by atoms with E-state index in [2.05, 4.69) is 12.2 Å². The average Bonchev–Trinajstić information content (AvgIpc) is 3.04. The van der Waals surface area contributed by atoms with E-state index in [0.29, 0.717) is 11.3 Å². The zero-order valence-electron chi connectivity index (χ0n) is 11.3. The van der Waals surface area contributed by atoms with Crippen molar-refractivity contribution in [3.63, 3.8) is 0 Å². The third-order valence-corrected chi connectivity index (χ3v) is 5.44. The lowest BCUT2D eigenvalue weighted by molar-refractivity contribution is -0.144. The summed E-state index contributed by atoms with van der Waals surface area (Å²) >= 11 is 1.99. The molecule has 2 unspecified atom stereocenters. The van der Waals surface area contributed by atoms with Gasteiger partial charge in [-0.3, -0.25) is 10.1 Å². The van der Waals surface area contributed by atoms with E-state index in [4.69, 9.17) is 0 Å². The summed E-state index contributed by atoms with van der Waals surface area (Å²) in [5.41, 5.74) is -0.608. The largest absolute Gasteiger partial charge is 0.480 e. The standard InChI is InChI=1S/C14H25NO2S/c1-2-3-4-9-18-12-7-8-14(10-12,13(16)17)15-11-5-6-11/h11-12,15H,2-10H2,1H3,(H,16,17). The minimum atomic E-state index is -0.633. The molecule has 2 aliphatic rings. The van der Waals surface area contributed by atoms with Gasteiger partial charge in [-0.25, -0.2) is 0 Å². The molecule has 2 atom stereocenters. The van der Waals surface area contributed by atoms with Gasteiger partial charge < -0.3 is 5.11 Å². The molecular weight excluding hydrogens is 246 g/mol. The summed E-state index contributed by atoms with van der Waals surface area (Å²) in [6, 6.07) is 0.477. The predicted octanol–water partition coefficient (Wildman–Crippen LogP) is 3.04. The highest BCUT2D eigenvalue weighted by Gasteiger charge is 2.48. The lowest BCUT2D eigenvalue weighted by atomic mass is 9.98. The Morgan fingerprint density at radius 3 is 2.78 bits per heavy atom. The van der Waals surface area contributed by atoms with E-state index < -0.39 is 11.5 Å². The first kappa shape index (κ1) is 14.2. The van der Waals surface area contributed by atoms with E-state index in [1.54, 1.807) is 0 Å². The number of unbranched alkanes of at least 4 members (excludes halogenated alkanes) is 2. The molecule has 2 rings (SSSR count). The normalized spacial score (nSPS) is 31.7. The molecule has 18 heavy (non-hydrogen) atoms. The molecule has 104 valence electrons. The Morgan fingerprint density at radius 2 is 2.17 bits per heavy atom. The van der Waals surface area contributed by atoms with Crippen LogP contribution >= 0.6 is 11.8 Å². The van der Waals surface area contributed by atoms with Gasteiger partial charge in [0.05, 0.1) is 0 Å². The minimum absolute atomic E-state index is 0.477. The first-order chi connectivity index (χ1) is 8.66. The van der Waals surface area contributed by atoms with Crippen molar-refractivity contribution in [3.05, 3.63) is 0 Å². The molecule has 2 fully saturated rings. The van der Waals surface area contributed by atoms with E-state index in [9.17, 15) is 9.90 Å². The van der Waals surface area contributed by atoms with Crippen molar-refractivity contribution in [2.24, 2.45) is 0 Å². The summed E-state index contributed by atoms with van der Waals surface area (Å²) in [6.07, 6.45) is 8.82. The number of aliphatic carboxylic acids is 1. The number of hydrogen-bond acceptors (Lipinski definition) is 3.